The Labute approximate surface area is 121 Å². The topological polar surface area (TPSA) is 41.1 Å². The van der Waals surface area contributed by atoms with Crippen molar-refractivity contribution in [1.82, 2.24) is 5.32 Å². The highest BCUT2D eigenvalue weighted by atomic mass is 35.5. The molecule has 0 saturated carbocycles. The highest BCUT2D eigenvalue weighted by Crippen LogP contribution is 2.23. The number of halogens is 2. The van der Waals surface area contributed by atoms with Crippen molar-refractivity contribution in [3.8, 4) is 0 Å². The number of carbonyl (C=O) groups excluding carboxylic acids is 1. The maximum atomic E-state index is 12.9. The predicted molar refractivity (Wildman–Crippen MR) is 78.6 cm³/mol. The van der Waals surface area contributed by atoms with E-state index in [0.29, 0.717) is 22.8 Å². The van der Waals surface area contributed by atoms with Gasteiger partial charge in [0.2, 0.25) is 0 Å². The van der Waals surface area contributed by atoms with E-state index in [2.05, 4.69) is 10.6 Å². The lowest BCUT2D eigenvalue weighted by molar-refractivity contribution is 0.0963. The third-order valence-electron chi connectivity index (χ3n) is 2.86. The smallest absolute Gasteiger partial charge is 0.251 e. The van der Waals surface area contributed by atoms with Gasteiger partial charge < -0.3 is 10.6 Å². The Hall–Kier alpha value is -2.07. The Kier molecular flexibility index (Phi) is 4.58. The van der Waals surface area contributed by atoms with Gasteiger partial charge in [0.25, 0.3) is 5.91 Å². The van der Waals surface area contributed by atoms with Crippen LogP contribution in [0.1, 0.15) is 15.9 Å². The first-order chi connectivity index (χ1) is 9.60. The van der Waals surface area contributed by atoms with Gasteiger partial charge in [0.1, 0.15) is 5.82 Å². The maximum Gasteiger partial charge on any atom is 0.251 e. The van der Waals surface area contributed by atoms with Crippen molar-refractivity contribution in [3.05, 3.63) is 64.4 Å². The van der Waals surface area contributed by atoms with Crippen LogP contribution in [0.2, 0.25) is 5.02 Å². The van der Waals surface area contributed by atoms with E-state index in [-0.39, 0.29) is 11.7 Å². The summed E-state index contributed by atoms with van der Waals surface area (Å²) < 4.78 is 12.9. The van der Waals surface area contributed by atoms with Gasteiger partial charge in [-0.2, -0.15) is 0 Å². The summed E-state index contributed by atoms with van der Waals surface area (Å²) in [5.74, 6) is -0.485. The van der Waals surface area contributed by atoms with E-state index >= 15 is 0 Å². The predicted octanol–water partition coefficient (Wildman–Crippen LogP) is 3.45. The van der Waals surface area contributed by atoms with Crippen LogP contribution in [0.15, 0.2) is 42.5 Å². The first kappa shape index (κ1) is 14.3. The minimum absolute atomic E-state index is 0.119. The number of carbonyl (C=O) groups is 1. The second-order valence-corrected chi connectivity index (χ2v) is 4.66. The first-order valence-electron chi connectivity index (χ1n) is 6.10. The summed E-state index contributed by atoms with van der Waals surface area (Å²) in [7, 11) is 1.59. The van der Waals surface area contributed by atoms with Crippen molar-refractivity contribution >= 4 is 23.2 Å². The summed E-state index contributed by atoms with van der Waals surface area (Å²) >= 11 is 5.93. The molecular formula is C15H14ClFN2O. The zero-order valence-electron chi connectivity index (χ0n) is 10.9. The van der Waals surface area contributed by atoms with Crippen LogP contribution in [-0.4, -0.2) is 13.0 Å². The Bertz CT molecular complexity index is 614. The van der Waals surface area contributed by atoms with E-state index in [9.17, 15) is 9.18 Å². The van der Waals surface area contributed by atoms with Crippen LogP contribution in [0.3, 0.4) is 0 Å². The highest BCUT2D eigenvalue weighted by Gasteiger charge is 2.04. The molecule has 0 aliphatic heterocycles. The Morgan fingerprint density at radius 3 is 2.50 bits per heavy atom. The van der Waals surface area contributed by atoms with E-state index in [1.54, 1.807) is 25.2 Å². The molecule has 0 spiro atoms. The Balaban J connectivity index is 2.02. The van der Waals surface area contributed by atoms with Crippen molar-refractivity contribution in [2.75, 3.05) is 12.4 Å². The van der Waals surface area contributed by atoms with Crippen LogP contribution in [-0.2, 0) is 6.54 Å². The van der Waals surface area contributed by atoms with E-state index in [4.69, 9.17) is 11.6 Å². The highest BCUT2D eigenvalue weighted by molar-refractivity contribution is 6.33. The summed E-state index contributed by atoms with van der Waals surface area (Å²) in [4.78, 5) is 11.4. The number of rotatable bonds is 4. The Morgan fingerprint density at radius 2 is 1.90 bits per heavy atom. The second kappa shape index (κ2) is 6.39. The van der Waals surface area contributed by atoms with Gasteiger partial charge in [-0.1, -0.05) is 23.7 Å². The monoisotopic (exact) mass is 292 g/mol. The molecule has 1 amide bonds. The molecule has 3 nitrogen and oxygen atoms in total. The third-order valence-corrected chi connectivity index (χ3v) is 3.17. The molecule has 2 aromatic carbocycles. The average Bonchev–Trinajstić information content (AvgIpc) is 2.46. The van der Waals surface area contributed by atoms with Crippen molar-refractivity contribution < 1.29 is 9.18 Å². The lowest BCUT2D eigenvalue weighted by atomic mass is 10.1. The minimum Gasteiger partial charge on any atom is -0.380 e. The Morgan fingerprint density at radius 1 is 1.20 bits per heavy atom. The molecule has 0 heterocycles. The van der Waals surface area contributed by atoms with Gasteiger partial charge in [0, 0.05) is 19.2 Å². The molecule has 2 rings (SSSR count). The quantitative estimate of drug-likeness (QED) is 0.906. The molecule has 0 aliphatic rings. The van der Waals surface area contributed by atoms with E-state index in [1.165, 1.54) is 12.1 Å². The number of hydrogen-bond acceptors (Lipinski definition) is 2. The minimum atomic E-state index is -0.365. The molecular weight excluding hydrogens is 279 g/mol. The van der Waals surface area contributed by atoms with Crippen LogP contribution in [0.5, 0.6) is 0 Å². The fourth-order valence-electron chi connectivity index (χ4n) is 1.75. The number of nitrogens with one attached hydrogen (secondary N) is 2. The molecule has 5 heteroatoms. The van der Waals surface area contributed by atoms with Gasteiger partial charge in [-0.15, -0.1) is 0 Å². The van der Waals surface area contributed by atoms with E-state index in [1.807, 2.05) is 12.1 Å². The SMILES string of the molecule is CNC(=O)c1ccc(CNc2ccc(F)cc2Cl)cc1. The van der Waals surface area contributed by atoms with Gasteiger partial charge in [0.05, 0.1) is 10.7 Å². The van der Waals surface area contributed by atoms with Gasteiger partial charge in [-0.25, -0.2) is 4.39 Å². The van der Waals surface area contributed by atoms with Gasteiger partial charge in [0.15, 0.2) is 0 Å². The zero-order chi connectivity index (χ0) is 14.5. The van der Waals surface area contributed by atoms with Gasteiger partial charge in [-0.3, -0.25) is 4.79 Å². The molecule has 0 radical (unpaired) electrons. The van der Waals surface area contributed by atoms with Crippen molar-refractivity contribution in [1.29, 1.82) is 0 Å². The third kappa shape index (κ3) is 3.48. The van der Waals surface area contributed by atoms with E-state index in [0.717, 1.165) is 5.56 Å². The van der Waals surface area contributed by atoms with Crippen LogP contribution in [0, 0.1) is 5.82 Å². The number of benzene rings is 2. The summed E-state index contributed by atoms with van der Waals surface area (Å²) in [5.41, 5.74) is 2.28. The lowest BCUT2D eigenvalue weighted by Gasteiger charge is -2.09. The standard InChI is InChI=1S/C15H14ClFN2O/c1-18-15(20)11-4-2-10(3-5-11)9-19-14-7-6-12(17)8-13(14)16/h2-8,19H,9H2,1H3,(H,18,20). The molecule has 104 valence electrons. The molecule has 0 unspecified atom stereocenters. The van der Waals surface area contributed by atoms with Crippen LogP contribution in [0.4, 0.5) is 10.1 Å². The molecule has 0 aromatic heterocycles. The molecule has 0 aliphatic carbocycles. The summed E-state index contributed by atoms with van der Waals surface area (Å²) in [5, 5.41) is 6.02. The van der Waals surface area contributed by atoms with Gasteiger partial charge in [-0.05, 0) is 35.9 Å². The number of anilines is 1. The van der Waals surface area contributed by atoms with Crippen LogP contribution in [0.25, 0.3) is 0 Å². The van der Waals surface area contributed by atoms with Crippen molar-refractivity contribution in [3.63, 3.8) is 0 Å². The van der Waals surface area contributed by atoms with Crippen LogP contribution < -0.4 is 10.6 Å². The first-order valence-corrected chi connectivity index (χ1v) is 6.48. The van der Waals surface area contributed by atoms with Crippen molar-refractivity contribution in [2.45, 2.75) is 6.54 Å². The fourth-order valence-corrected chi connectivity index (χ4v) is 1.98. The van der Waals surface area contributed by atoms with E-state index < -0.39 is 0 Å². The maximum absolute atomic E-state index is 12.9. The average molecular weight is 293 g/mol. The van der Waals surface area contributed by atoms with Crippen LogP contribution >= 0.6 is 11.6 Å². The summed E-state index contributed by atoms with van der Waals surface area (Å²) in [6.45, 7) is 0.541. The lowest BCUT2D eigenvalue weighted by Crippen LogP contribution is -2.17. The summed E-state index contributed by atoms with van der Waals surface area (Å²) in [6.07, 6.45) is 0. The fraction of sp³-hybridized carbons (Fsp3) is 0.133. The molecule has 2 aromatic rings. The molecule has 0 bridgehead atoms. The number of amides is 1. The van der Waals surface area contributed by atoms with Crippen molar-refractivity contribution in [2.24, 2.45) is 0 Å². The molecule has 0 saturated heterocycles. The largest absolute Gasteiger partial charge is 0.380 e. The summed E-state index contributed by atoms with van der Waals surface area (Å²) in [6, 6.07) is 11.4. The number of hydrogen-bond donors (Lipinski definition) is 2. The molecule has 0 atom stereocenters. The second-order valence-electron chi connectivity index (χ2n) is 4.25. The molecule has 2 N–H and O–H groups in total. The normalized spacial score (nSPS) is 10.2. The van der Waals surface area contributed by atoms with Gasteiger partial charge >= 0.3 is 0 Å². The zero-order valence-corrected chi connectivity index (χ0v) is 11.7. The molecule has 20 heavy (non-hydrogen) atoms. The molecule has 0 fully saturated rings.